The van der Waals surface area contributed by atoms with Gasteiger partial charge in [-0.25, -0.2) is 4.79 Å². The number of para-hydroxylation sites is 1. The Labute approximate surface area is 151 Å². The lowest BCUT2D eigenvalue weighted by Gasteiger charge is -2.20. The second-order valence-corrected chi connectivity index (χ2v) is 7.53. The van der Waals surface area contributed by atoms with Crippen LogP contribution in [0.4, 0.5) is 0 Å². The van der Waals surface area contributed by atoms with E-state index in [9.17, 15) is 9.36 Å². The molecule has 2 heterocycles. The maximum Gasteiger partial charge on any atom is 0.377 e. The smallest absolute Gasteiger partial charge is 0.377 e. The Bertz CT molecular complexity index is 953. The summed E-state index contributed by atoms with van der Waals surface area (Å²) in [6.07, 6.45) is 1.56. The third-order valence-electron chi connectivity index (χ3n) is 3.78. The molecule has 0 saturated carbocycles. The topological polar surface area (TPSA) is 90.1 Å². The van der Waals surface area contributed by atoms with E-state index in [0.717, 1.165) is 5.39 Å². The van der Waals surface area contributed by atoms with Gasteiger partial charge in [0.2, 0.25) is 0 Å². The Kier molecular flexibility index (Phi) is 5.71. The maximum absolute atomic E-state index is 13.1. The molecule has 0 spiro atoms. The van der Waals surface area contributed by atoms with Gasteiger partial charge in [0, 0.05) is 11.9 Å². The molecule has 1 aliphatic rings. The molecule has 8 heteroatoms. The summed E-state index contributed by atoms with van der Waals surface area (Å²) in [5.74, 6) is 0. The first-order valence-corrected chi connectivity index (χ1v) is 10.0. The van der Waals surface area contributed by atoms with Gasteiger partial charge in [-0.3, -0.25) is 9.56 Å². The van der Waals surface area contributed by atoms with E-state index in [-0.39, 0.29) is 13.2 Å². The Morgan fingerprint density at radius 3 is 2.69 bits per heavy atom. The fourth-order valence-corrected chi connectivity index (χ4v) is 4.30. The van der Waals surface area contributed by atoms with Gasteiger partial charge in [0.05, 0.1) is 31.0 Å². The molecule has 2 aromatic rings. The van der Waals surface area contributed by atoms with Crippen LogP contribution in [0.1, 0.15) is 19.4 Å². The van der Waals surface area contributed by atoms with Gasteiger partial charge in [0.25, 0.3) is 0 Å². The summed E-state index contributed by atoms with van der Waals surface area (Å²) in [7, 11) is -3.51. The van der Waals surface area contributed by atoms with E-state index in [0.29, 0.717) is 35.4 Å². The quantitative estimate of drug-likeness (QED) is 0.615. The van der Waals surface area contributed by atoms with Crippen molar-refractivity contribution in [1.82, 2.24) is 5.32 Å². The van der Waals surface area contributed by atoms with Crippen molar-refractivity contribution in [3.05, 3.63) is 57.8 Å². The van der Waals surface area contributed by atoms with Gasteiger partial charge in [0.15, 0.2) is 0 Å². The fraction of sp³-hybridized carbons (Fsp3) is 0.333. The zero-order valence-corrected chi connectivity index (χ0v) is 15.6. The summed E-state index contributed by atoms with van der Waals surface area (Å²) >= 11 is 0. The highest BCUT2D eigenvalue weighted by Gasteiger charge is 2.31. The van der Waals surface area contributed by atoms with E-state index in [1.54, 1.807) is 38.1 Å². The summed E-state index contributed by atoms with van der Waals surface area (Å²) in [5, 5.41) is 3.84. The van der Waals surface area contributed by atoms with Gasteiger partial charge < -0.3 is 18.8 Å². The average molecular weight is 376 g/mol. The highest BCUT2D eigenvalue weighted by molar-refractivity contribution is 7.58. The van der Waals surface area contributed by atoms with Gasteiger partial charge in [-0.1, -0.05) is 18.2 Å². The number of hydrogen-bond donors (Lipinski definition) is 1. The van der Waals surface area contributed by atoms with Crippen LogP contribution in [0, 0.1) is 0 Å². The van der Waals surface area contributed by atoms with Crippen LogP contribution in [0.3, 0.4) is 0 Å². The van der Waals surface area contributed by atoms with Crippen molar-refractivity contribution >= 4 is 24.3 Å². The van der Waals surface area contributed by atoms with Crippen molar-refractivity contribution in [1.29, 1.82) is 0 Å². The zero-order valence-electron chi connectivity index (χ0n) is 14.7. The molecule has 7 nitrogen and oxygen atoms in total. The first-order chi connectivity index (χ1) is 12.6. The monoisotopic (exact) mass is 376 g/mol. The minimum atomic E-state index is -3.51. The number of fused-ring (bicyclic) bond motifs is 1. The van der Waals surface area contributed by atoms with Crippen molar-refractivity contribution in [2.75, 3.05) is 26.3 Å². The lowest BCUT2D eigenvalue weighted by molar-refractivity contribution is 0.224. The van der Waals surface area contributed by atoms with Crippen LogP contribution in [0.25, 0.3) is 11.0 Å². The molecule has 26 heavy (non-hydrogen) atoms. The Hall–Kier alpha value is -2.21. The minimum Gasteiger partial charge on any atom is -0.422 e. The fourth-order valence-electron chi connectivity index (χ4n) is 2.68. The molecule has 3 rings (SSSR count). The molecule has 138 valence electrons. The largest absolute Gasteiger partial charge is 0.422 e. The maximum atomic E-state index is 13.1. The van der Waals surface area contributed by atoms with Crippen LogP contribution in [-0.2, 0) is 13.6 Å². The second-order valence-electron chi connectivity index (χ2n) is 5.54. The van der Waals surface area contributed by atoms with Crippen LogP contribution >= 0.6 is 7.60 Å². The van der Waals surface area contributed by atoms with Crippen LogP contribution in [0.5, 0.6) is 0 Å². The van der Waals surface area contributed by atoms with Gasteiger partial charge in [0.1, 0.15) is 11.0 Å². The van der Waals surface area contributed by atoms with Gasteiger partial charge in [-0.2, -0.15) is 0 Å². The molecule has 0 saturated heterocycles. The van der Waals surface area contributed by atoms with Gasteiger partial charge >= 0.3 is 13.2 Å². The van der Waals surface area contributed by atoms with Crippen LogP contribution in [0.2, 0.25) is 0 Å². The Morgan fingerprint density at radius 2 is 1.96 bits per heavy atom. The molecular formula is C18H21N2O5P. The van der Waals surface area contributed by atoms with Crippen molar-refractivity contribution in [2.24, 2.45) is 4.99 Å². The number of nitrogens with zero attached hydrogens (tertiary/aromatic N) is 1. The number of allylic oxidation sites excluding steroid dienone is 1. The zero-order chi connectivity index (χ0) is 18.6. The summed E-state index contributed by atoms with van der Waals surface area (Å²) < 4.78 is 29.2. The van der Waals surface area contributed by atoms with Crippen molar-refractivity contribution in [2.45, 2.75) is 13.8 Å². The molecule has 0 radical (unpaired) electrons. The number of aliphatic imine (C=N–C) groups is 1. The predicted octanol–water partition coefficient (Wildman–Crippen LogP) is 3.29. The van der Waals surface area contributed by atoms with E-state index < -0.39 is 13.2 Å². The van der Waals surface area contributed by atoms with Crippen molar-refractivity contribution in [3.63, 3.8) is 0 Å². The van der Waals surface area contributed by atoms with E-state index in [4.69, 9.17) is 13.5 Å². The standard InChI is InChI=1S/C18H21N2O5P/c1-3-23-26(22,24-4-2)17-12-15(19-9-10-20-17)14-11-13-7-5-6-8-16(13)25-18(14)21/h5-8,11-12,20H,3-4,9-10H2,1-2H3. The third kappa shape index (κ3) is 3.80. The Morgan fingerprint density at radius 1 is 1.23 bits per heavy atom. The van der Waals surface area contributed by atoms with E-state index in [1.165, 1.54) is 0 Å². The molecule has 0 unspecified atom stereocenters. The highest BCUT2D eigenvalue weighted by Crippen LogP contribution is 2.54. The normalized spacial score (nSPS) is 15.2. The molecule has 1 aliphatic heterocycles. The van der Waals surface area contributed by atoms with Crippen molar-refractivity contribution in [3.8, 4) is 0 Å². The van der Waals surface area contributed by atoms with Crippen molar-refractivity contribution < 1.29 is 18.0 Å². The van der Waals surface area contributed by atoms with E-state index >= 15 is 0 Å². The lowest BCUT2D eigenvalue weighted by Crippen LogP contribution is -2.18. The molecule has 1 aromatic carbocycles. The first-order valence-electron chi connectivity index (χ1n) is 8.50. The van der Waals surface area contributed by atoms with E-state index in [1.807, 2.05) is 12.1 Å². The summed E-state index contributed by atoms with van der Waals surface area (Å²) in [6.45, 7) is 4.84. The molecule has 0 atom stereocenters. The minimum absolute atomic E-state index is 0.237. The molecule has 0 bridgehead atoms. The molecule has 1 aromatic heterocycles. The van der Waals surface area contributed by atoms with E-state index in [2.05, 4.69) is 10.3 Å². The number of hydrogen-bond acceptors (Lipinski definition) is 7. The van der Waals surface area contributed by atoms with Crippen LogP contribution < -0.4 is 10.9 Å². The summed E-state index contributed by atoms with van der Waals surface area (Å²) in [4.78, 5) is 16.9. The van der Waals surface area contributed by atoms with Crippen LogP contribution in [0.15, 0.2) is 56.1 Å². The third-order valence-corrected chi connectivity index (χ3v) is 5.86. The summed E-state index contributed by atoms with van der Waals surface area (Å²) in [5.41, 5.74) is 1.01. The molecule has 1 N–H and O–H groups in total. The second kappa shape index (κ2) is 7.99. The molecule has 0 amide bonds. The lowest BCUT2D eigenvalue weighted by atomic mass is 10.1. The number of rotatable bonds is 6. The Balaban J connectivity index is 2.09. The SMILES string of the molecule is CCOP(=O)(OCC)C1=CC(c2cc3ccccc3oc2=O)=NCCN1. The average Bonchev–Trinajstić information content (AvgIpc) is 2.88. The van der Waals surface area contributed by atoms with Gasteiger partial charge in [-0.05, 0) is 32.1 Å². The molecular weight excluding hydrogens is 355 g/mol. The molecule has 0 aliphatic carbocycles. The summed E-state index contributed by atoms with van der Waals surface area (Å²) in [6, 6.07) is 8.98. The number of benzene rings is 1. The molecule has 0 fully saturated rings. The van der Waals surface area contributed by atoms with Crippen LogP contribution in [-0.4, -0.2) is 32.0 Å². The first kappa shape index (κ1) is 18.6. The van der Waals surface area contributed by atoms with Gasteiger partial charge in [-0.15, -0.1) is 0 Å². The number of nitrogens with one attached hydrogen (secondary N) is 1. The highest BCUT2D eigenvalue weighted by atomic mass is 31.2. The predicted molar refractivity (Wildman–Crippen MR) is 101 cm³/mol.